The SMILES string of the molecule is Cc1ccc(P(=S)(c2ccc(F)cc2)c2ccc(F)cc2)cc1. The van der Waals surface area contributed by atoms with Crippen molar-refractivity contribution in [3.63, 3.8) is 0 Å². The lowest BCUT2D eigenvalue weighted by Gasteiger charge is -2.24. The summed E-state index contributed by atoms with van der Waals surface area (Å²) in [4.78, 5) is 0. The third kappa shape index (κ3) is 3.12. The standard InChI is InChI=1S/C19H15F2PS/c1-14-2-8-17(9-3-14)22(23,18-10-4-15(20)5-11-18)19-12-6-16(21)7-13-19/h2-13H,1H3. The van der Waals surface area contributed by atoms with Crippen molar-refractivity contribution in [2.24, 2.45) is 0 Å². The molecule has 0 saturated heterocycles. The van der Waals surface area contributed by atoms with Gasteiger partial charge in [0.1, 0.15) is 11.6 Å². The molecule has 4 heteroatoms. The van der Waals surface area contributed by atoms with Gasteiger partial charge in [-0.2, -0.15) is 0 Å². The Bertz CT molecular complexity index is 736. The summed E-state index contributed by atoms with van der Waals surface area (Å²) in [7, 11) is 0. The summed E-state index contributed by atoms with van der Waals surface area (Å²) in [6, 6.07) is 18.4. The van der Waals surface area contributed by atoms with Crippen molar-refractivity contribution in [1.82, 2.24) is 0 Å². The molecule has 0 aliphatic heterocycles. The monoisotopic (exact) mass is 344 g/mol. The van der Waals surface area contributed by atoms with Crippen LogP contribution in [0.3, 0.4) is 0 Å². The molecule has 0 amide bonds. The second-order valence-corrected chi connectivity index (χ2v) is 9.81. The van der Waals surface area contributed by atoms with E-state index in [4.69, 9.17) is 11.8 Å². The van der Waals surface area contributed by atoms with Crippen LogP contribution >= 0.6 is 6.04 Å². The molecule has 0 aromatic heterocycles. The average Bonchev–Trinajstić information content (AvgIpc) is 2.56. The van der Waals surface area contributed by atoms with E-state index in [2.05, 4.69) is 0 Å². The van der Waals surface area contributed by atoms with E-state index in [1.54, 1.807) is 24.3 Å². The Labute approximate surface area is 139 Å². The quantitative estimate of drug-likeness (QED) is 0.647. The van der Waals surface area contributed by atoms with Crippen LogP contribution < -0.4 is 15.9 Å². The average molecular weight is 344 g/mol. The first-order chi connectivity index (χ1) is 11.0. The largest absolute Gasteiger partial charge is 0.207 e. The zero-order chi connectivity index (χ0) is 16.4. The molecule has 0 heterocycles. The molecule has 0 spiro atoms. The Morgan fingerprint density at radius 2 is 0.913 bits per heavy atom. The number of benzene rings is 3. The molecule has 0 saturated carbocycles. The van der Waals surface area contributed by atoms with Gasteiger partial charge in [-0.25, -0.2) is 8.78 Å². The number of hydrogen-bond acceptors (Lipinski definition) is 1. The Kier molecular flexibility index (Phi) is 4.43. The molecule has 0 bridgehead atoms. The summed E-state index contributed by atoms with van der Waals surface area (Å²) in [5.74, 6) is -0.586. The van der Waals surface area contributed by atoms with E-state index in [9.17, 15) is 8.78 Å². The Balaban J connectivity index is 2.24. The van der Waals surface area contributed by atoms with E-state index in [0.29, 0.717) is 0 Å². The first-order valence-corrected chi connectivity index (χ1v) is 10.00. The van der Waals surface area contributed by atoms with Crippen LogP contribution in [0.4, 0.5) is 8.78 Å². The fourth-order valence-corrected chi connectivity index (χ4v) is 6.20. The molecule has 0 fully saturated rings. The van der Waals surface area contributed by atoms with Crippen LogP contribution in [0.15, 0.2) is 72.8 Å². The van der Waals surface area contributed by atoms with Gasteiger partial charge in [-0.15, -0.1) is 0 Å². The van der Waals surface area contributed by atoms with Crippen LogP contribution in [0.25, 0.3) is 0 Å². The Morgan fingerprint density at radius 1 is 0.609 bits per heavy atom. The Morgan fingerprint density at radius 3 is 1.26 bits per heavy atom. The van der Waals surface area contributed by atoms with Crippen molar-refractivity contribution in [1.29, 1.82) is 0 Å². The normalized spacial score (nSPS) is 11.4. The highest BCUT2D eigenvalue weighted by molar-refractivity contribution is 8.25. The van der Waals surface area contributed by atoms with Crippen LogP contribution in [0.1, 0.15) is 5.56 Å². The highest BCUT2D eigenvalue weighted by Crippen LogP contribution is 2.42. The molecule has 0 aliphatic rings. The molecule has 23 heavy (non-hydrogen) atoms. The first-order valence-electron chi connectivity index (χ1n) is 7.20. The van der Waals surface area contributed by atoms with Crippen LogP contribution in [0.2, 0.25) is 0 Å². The van der Waals surface area contributed by atoms with E-state index >= 15 is 0 Å². The minimum atomic E-state index is -2.34. The molecule has 0 atom stereocenters. The zero-order valence-electron chi connectivity index (χ0n) is 12.5. The summed E-state index contributed by atoms with van der Waals surface area (Å²) >= 11 is 6.10. The van der Waals surface area contributed by atoms with Gasteiger partial charge in [-0.05, 0) is 47.1 Å². The minimum absolute atomic E-state index is 0.293. The molecule has 3 aromatic carbocycles. The fourth-order valence-electron chi connectivity index (χ4n) is 2.50. The highest BCUT2D eigenvalue weighted by Gasteiger charge is 2.24. The molecule has 0 aliphatic carbocycles. The van der Waals surface area contributed by atoms with Crippen molar-refractivity contribution in [3.05, 3.63) is 90.0 Å². The fraction of sp³-hybridized carbons (Fsp3) is 0.0526. The van der Waals surface area contributed by atoms with Crippen molar-refractivity contribution in [2.45, 2.75) is 6.92 Å². The lowest BCUT2D eigenvalue weighted by molar-refractivity contribution is 0.628. The summed E-state index contributed by atoms with van der Waals surface area (Å²) in [6.45, 7) is 2.02. The van der Waals surface area contributed by atoms with Crippen LogP contribution in [0.5, 0.6) is 0 Å². The molecule has 116 valence electrons. The predicted octanol–water partition coefficient (Wildman–Crippen LogP) is 4.03. The van der Waals surface area contributed by atoms with Crippen molar-refractivity contribution < 1.29 is 8.78 Å². The maximum absolute atomic E-state index is 13.3. The molecular weight excluding hydrogens is 329 g/mol. The summed E-state index contributed by atoms with van der Waals surface area (Å²) in [6.07, 6.45) is 0. The maximum atomic E-state index is 13.3. The lowest BCUT2D eigenvalue weighted by Crippen LogP contribution is -2.25. The number of rotatable bonds is 3. The third-order valence-corrected chi connectivity index (χ3v) is 8.75. The number of aryl methyl sites for hydroxylation is 1. The highest BCUT2D eigenvalue weighted by atomic mass is 32.4. The third-order valence-electron chi connectivity index (χ3n) is 3.78. The maximum Gasteiger partial charge on any atom is 0.123 e. The van der Waals surface area contributed by atoms with E-state index in [1.165, 1.54) is 24.3 Å². The van der Waals surface area contributed by atoms with Gasteiger partial charge in [-0.3, -0.25) is 0 Å². The summed E-state index contributed by atoms with van der Waals surface area (Å²) in [5, 5.41) is 2.80. The number of halogens is 2. The topological polar surface area (TPSA) is 0 Å². The van der Waals surface area contributed by atoms with Gasteiger partial charge in [-0.1, -0.05) is 65.9 Å². The zero-order valence-corrected chi connectivity index (χ0v) is 14.3. The van der Waals surface area contributed by atoms with Gasteiger partial charge in [0.25, 0.3) is 0 Å². The molecule has 0 radical (unpaired) electrons. The second-order valence-electron chi connectivity index (χ2n) is 5.40. The summed E-state index contributed by atoms with van der Waals surface area (Å²) in [5.41, 5.74) is 1.15. The van der Waals surface area contributed by atoms with Crippen LogP contribution in [-0.2, 0) is 11.8 Å². The smallest absolute Gasteiger partial charge is 0.123 e. The van der Waals surface area contributed by atoms with Crippen LogP contribution in [0, 0.1) is 18.6 Å². The van der Waals surface area contributed by atoms with Crippen LogP contribution in [-0.4, -0.2) is 0 Å². The van der Waals surface area contributed by atoms with E-state index < -0.39 is 6.04 Å². The predicted molar refractivity (Wildman–Crippen MR) is 97.2 cm³/mol. The molecule has 0 nitrogen and oxygen atoms in total. The molecule has 3 aromatic rings. The lowest BCUT2D eigenvalue weighted by atomic mass is 10.2. The Hall–Kier alpha value is -1.83. The first kappa shape index (κ1) is 16.0. The van der Waals surface area contributed by atoms with Gasteiger partial charge < -0.3 is 0 Å². The summed E-state index contributed by atoms with van der Waals surface area (Å²) < 4.78 is 26.6. The van der Waals surface area contributed by atoms with E-state index in [0.717, 1.165) is 21.5 Å². The minimum Gasteiger partial charge on any atom is -0.207 e. The van der Waals surface area contributed by atoms with Gasteiger partial charge >= 0.3 is 0 Å². The van der Waals surface area contributed by atoms with Crippen molar-refractivity contribution >= 4 is 33.8 Å². The second kappa shape index (κ2) is 6.35. The van der Waals surface area contributed by atoms with E-state index in [1.807, 2.05) is 31.2 Å². The molecule has 0 N–H and O–H groups in total. The van der Waals surface area contributed by atoms with Crippen molar-refractivity contribution in [3.8, 4) is 0 Å². The molecular formula is C19H15F2PS. The van der Waals surface area contributed by atoms with Gasteiger partial charge in [0.2, 0.25) is 0 Å². The van der Waals surface area contributed by atoms with Gasteiger partial charge in [0.15, 0.2) is 0 Å². The van der Waals surface area contributed by atoms with Crippen molar-refractivity contribution in [2.75, 3.05) is 0 Å². The number of hydrogen-bond donors (Lipinski definition) is 0. The van der Waals surface area contributed by atoms with E-state index in [-0.39, 0.29) is 11.6 Å². The van der Waals surface area contributed by atoms with Gasteiger partial charge in [0, 0.05) is 6.04 Å². The molecule has 3 rings (SSSR count). The van der Waals surface area contributed by atoms with Gasteiger partial charge in [0.05, 0.1) is 0 Å². The molecule has 0 unspecified atom stereocenters.